The van der Waals surface area contributed by atoms with E-state index in [1.54, 1.807) is 12.1 Å². The highest BCUT2D eigenvalue weighted by molar-refractivity contribution is 5.26. The average Bonchev–Trinajstić information content (AvgIpc) is 2.62. The monoisotopic (exact) mass is 297 g/mol. The number of hydrogen-bond acceptors (Lipinski definition) is 3. The lowest BCUT2D eigenvalue weighted by Gasteiger charge is -2.35. The minimum absolute atomic E-state index is 0.0677. The highest BCUT2D eigenvalue weighted by Gasteiger charge is 2.26. The van der Waals surface area contributed by atoms with Crippen LogP contribution in [0.15, 0.2) is 24.3 Å². The summed E-state index contributed by atoms with van der Waals surface area (Å²) in [5.41, 5.74) is 7.07. The van der Waals surface area contributed by atoms with E-state index in [9.17, 15) is 8.78 Å². The molecule has 2 unspecified atom stereocenters. The molecule has 1 aliphatic heterocycles. The van der Waals surface area contributed by atoms with E-state index in [-0.39, 0.29) is 11.6 Å². The SMILES string of the molecule is CC1CN(C)CCCN1C(CN)c1ccc(C(F)F)cc1. The van der Waals surface area contributed by atoms with Crippen LogP contribution in [0.4, 0.5) is 8.78 Å². The van der Waals surface area contributed by atoms with Crippen LogP contribution >= 0.6 is 0 Å². The first-order chi connectivity index (χ1) is 10.0. The van der Waals surface area contributed by atoms with Crippen LogP contribution in [0.25, 0.3) is 0 Å². The lowest BCUT2D eigenvalue weighted by Crippen LogP contribution is -2.42. The van der Waals surface area contributed by atoms with E-state index in [4.69, 9.17) is 5.73 Å². The molecule has 1 aromatic rings. The zero-order chi connectivity index (χ0) is 15.4. The molecule has 2 rings (SSSR count). The maximum atomic E-state index is 12.7. The van der Waals surface area contributed by atoms with Crippen molar-refractivity contribution in [2.24, 2.45) is 5.73 Å². The fourth-order valence-electron chi connectivity index (χ4n) is 3.18. The summed E-state index contributed by atoms with van der Waals surface area (Å²) in [4.78, 5) is 4.74. The molecule has 0 amide bonds. The Bertz CT molecular complexity index is 436. The Kier molecular flexibility index (Phi) is 5.67. The summed E-state index contributed by atoms with van der Waals surface area (Å²) >= 11 is 0. The highest BCUT2D eigenvalue weighted by atomic mass is 19.3. The van der Waals surface area contributed by atoms with Gasteiger partial charge in [-0.25, -0.2) is 8.78 Å². The highest BCUT2D eigenvalue weighted by Crippen LogP contribution is 2.26. The molecule has 0 bridgehead atoms. The van der Waals surface area contributed by atoms with Gasteiger partial charge in [0.15, 0.2) is 0 Å². The number of hydrogen-bond donors (Lipinski definition) is 1. The zero-order valence-electron chi connectivity index (χ0n) is 12.8. The molecule has 0 saturated carbocycles. The predicted molar refractivity (Wildman–Crippen MR) is 81.5 cm³/mol. The van der Waals surface area contributed by atoms with Gasteiger partial charge in [0.2, 0.25) is 0 Å². The Balaban J connectivity index is 2.17. The Hall–Kier alpha value is -1.04. The number of nitrogens with two attached hydrogens (primary N) is 1. The average molecular weight is 297 g/mol. The minimum Gasteiger partial charge on any atom is -0.329 e. The molecule has 21 heavy (non-hydrogen) atoms. The van der Waals surface area contributed by atoms with Gasteiger partial charge in [0.1, 0.15) is 0 Å². The Labute approximate surface area is 125 Å². The van der Waals surface area contributed by atoms with Gasteiger partial charge < -0.3 is 10.6 Å². The topological polar surface area (TPSA) is 32.5 Å². The smallest absolute Gasteiger partial charge is 0.263 e. The quantitative estimate of drug-likeness (QED) is 0.927. The summed E-state index contributed by atoms with van der Waals surface area (Å²) in [5.74, 6) is 0. The van der Waals surface area contributed by atoms with E-state index in [0.29, 0.717) is 12.6 Å². The van der Waals surface area contributed by atoms with Crippen LogP contribution in [0, 0.1) is 0 Å². The first-order valence-electron chi connectivity index (χ1n) is 7.55. The standard InChI is InChI=1S/C16H25F2N3/c1-12-11-20(2)8-3-9-21(12)15(10-19)13-4-6-14(7-5-13)16(17)18/h4-7,12,15-16H,3,8-11,19H2,1-2H3. The molecule has 0 spiro atoms. The van der Waals surface area contributed by atoms with Gasteiger partial charge in [-0.05, 0) is 32.5 Å². The van der Waals surface area contributed by atoms with Crippen LogP contribution in [-0.4, -0.2) is 49.1 Å². The van der Waals surface area contributed by atoms with Crippen LogP contribution in [0.2, 0.25) is 0 Å². The molecule has 0 aromatic heterocycles. The van der Waals surface area contributed by atoms with E-state index in [2.05, 4.69) is 23.8 Å². The number of alkyl halides is 2. The third kappa shape index (κ3) is 3.99. The lowest BCUT2D eigenvalue weighted by atomic mass is 10.0. The molecule has 0 aliphatic carbocycles. The molecule has 3 nitrogen and oxygen atoms in total. The maximum Gasteiger partial charge on any atom is 0.263 e. The van der Waals surface area contributed by atoms with Crippen LogP contribution in [0.3, 0.4) is 0 Å². The molecule has 1 heterocycles. The van der Waals surface area contributed by atoms with Crippen LogP contribution < -0.4 is 5.73 Å². The van der Waals surface area contributed by atoms with Gasteiger partial charge in [-0.1, -0.05) is 24.3 Å². The third-order valence-electron chi connectivity index (χ3n) is 4.30. The van der Waals surface area contributed by atoms with Crippen molar-refractivity contribution in [3.8, 4) is 0 Å². The van der Waals surface area contributed by atoms with E-state index in [1.165, 1.54) is 12.1 Å². The predicted octanol–water partition coefficient (Wildman–Crippen LogP) is 2.65. The largest absolute Gasteiger partial charge is 0.329 e. The minimum atomic E-state index is -2.42. The van der Waals surface area contributed by atoms with Gasteiger partial charge in [0.05, 0.1) is 0 Å². The zero-order valence-corrected chi connectivity index (χ0v) is 12.8. The molecule has 1 fully saturated rings. The van der Waals surface area contributed by atoms with Crippen molar-refractivity contribution in [3.63, 3.8) is 0 Å². The van der Waals surface area contributed by atoms with Gasteiger partial charge in [-0.3, -0.25) is 4.90 Å². The van der Waals surface area contributed by atoms with Crippen molar-refractivity contribution < 1.29 is 8.78 Å². The first-order valence-corrected chi connectivity index (χ1v) is 7.55. The molecule has 2 N–H and O–H groups in total. The molecular formula is C16H25F2N3. The third-order valence-corrected chi connectivity index (χ3v) is 4.30. The van der Waals surface area contributed by atoms with Crippen molar-refractivity contribution in [1.82, 2.24) is 9.80 Å². The molecule has 1 aliphatic rings. The normalized spacial score (nSPS) is 23.2. The first kappa shape index (κ1) is 16.3. The number of likely N-dealkylation sites (N-methyl/N-ethyl adjacent to an activating group) is 1. The Morgan fingerprint density at radius 3 is 2.38 bits per heavy atom. The Morgan fingerprint density at radius 2 is 1.81 bits per heavy atom. The summed E-state index contributed by atoms with van der Waals surface area (Å²) in [7, 11) is 2.13. The summed E-state index contributed by atoms with van der Waals surface area (Å²) < 4.78 is 25.3. The number of nitrogens with zero attached hydrogens (tertiary/aromatic N) is 2. The van der Waals surface area contributed by atoms with E-state index in [1.807, 2.05) is 0 Å². The van der Waals surface area contributed by atoms with Gasteiger partial charge in [0.25, 0.3) is 6.43 Å². The molecule has 0 radical (unpaired) electrons. The second-order valence-electron chi connectivity index (χ2n) is 5.92. The Morgan fingerprint density at radius 1 is 1.19 bits per heavy atom. The number of rotatable bonds is 4. The van der Waals surface area contributed by atoms with Crippen molar-refractivity contribution in [3.05, 3.63) is 35.4 Å². The molecule has 1 aromatic carbocycles. The lowest BCUT2D eigenvalue weighted by molar-refractivity contribution is 0.145. The molecule has 5 heteroatoms. The van der Waals surface area contributed by atoms with Crippen LogP contribution in [0.1, 0.15) is 36.9 Å². The number of halogens is 2. The summed E-state index contributed by atoms with van der Waals surface area (Å²) in [6, 6.07) is 7.11. The van der Waals surface area contributed by atoms with E-state index < -0.39 is 6.43 Å². The summed E-state index contributed by atoms with van der Waals surface area (Å²) in [6.07, 6.45) is -1.31. The molecule has 118 valence electrons. The molecule has 1 saturated heterocycles. The molecule has 2 atom stereocenters. The fourth-order valence-corrected chi connectivity index (χ4v) is 3.18. The van der Waals surface area contributed by atoms with E-state index in [0.717, 1.165) is 31.6 Å². The second-order valence-corrected chi connectivity index (χ2v) is 5.92. The van der Waals surface area contributed by atoms with Crippen LogP contribution in [-0.2, 0) is 0 Å². The van der Waals surface area contributed by atoms with Gasteiger partial charge in [0, 0.05) is 37.3 Å². The molecular weight excluding hydrogens is 272 g/mol. The van der Waals surface area contributed by atoms with Gasteiger partial charge in [-0.15, -0.1) is 0 Å². The fraction of sp³-hybridized carbons (Fsp3) is 0.625. The van der Waals surface area contributed by atoms with Crippen LogP contribution in [0.5, 0.6) is 0 Å². The summed E-state index contributed by atoms with van der Waals surface area (Å²) in [6.45, 7) is 5.79. The second kappa shape index (κ2) is 7.29. The number of benzene rings is 1. The van der Waals surface area contributed by atoms with Crippen molar-refractivity contribution in [1.29, 1.82) is 0 Å². The van der Waals surface area contributed by atoms with E-state index >= 15 is 0 Å². The van der Waals surface area contributed by atoms with Gasteiger partial charge in [-0.2, -0.15) is 0 Å². The maximum absolute atomic E-state index is 12.7. The van der Waals surface area contributed by atoms with Gasteiger partial charge >= 0.3 is 0 Å². The van der Waals surface area contributed by atoms with Crippen molar-refractivity contribution in [2.75, 3.05) is 33.2 Å². The van der Waals surface area contributed by atoms with Crippen molar-refractivity contribution >= 4 is 0 Å². The summed E-state index contributed by atoms with van der Waals surface area (Å²) in [5, 5.41) is 0. The van der Waals surface area contributed by atoms with Crippen molar-refractivity contribution in [2.45, 2.75) is 31.9 Å².